The van der Waals surface area contributed by atoms with Gasteiger partial charge in [0.15, 0.2) is 5.58 Å². The second-order valence-corrected chi connectivity index (χ2v) is 16.9. The Morgan fingerprint density at radius 2 is 0.766 bits per heavy atom. The highest BCUT2D eigenvalue weighted by Gasteiger charge is 2.22. The van der Waals surface area contributed by atoms with E-state index in [9.17, 15) is 0 Å². The Balaban J connectivity index is 0.935. The first kappa shape index (κ1) is 36.2. The number of anilines is 3. The first-order valence-electron chi connectivity index (χ1n) is 22.0. The van der Waals surface area contributed by atoms with Crippen LogP contribution in [0.5, 0.6) is 0 Å². The van der Waals surface area contributed by atoms with Crippen molar-refractivity contribution in [3.8, 4) is 33.4 Å². The summed E-state index contributed by atoms with van der Waals surface area (Å²) in [7, 11) is 0. The van der Waals surface area contributed by atoms with Gasteiger partial charge >= 0.3 is 0 Å². The molecule has 64 heavy (non-hydrogen) atoms. The number of fused-ring (bicyclic) bond motifs is 9. The first-order chi connectivity index (χ1) is 31.7. The fourth-order valence-corrected chi connectivity index (χ4v) is 9.95. The SMILES string of the molecule is c1ccc2cc(-c3ccc4cc(-c5ccc(N(c6ccc7c(-c8ccc9ccccc9c8)cccc7c6)c6cc7ccccc7c7c6oc6ccccc67)cc5)ccc4c3)ccc2c1. The fourth-order valence-electron chi connectivity index (χ4n) is 9.95. The Morgan fingerprint density at radius 3 is 1.47 bits per heavy atom. The maximum Gasteiger partial charge on any atom is 0.160 e. The van der Waals surface area contributed by atoms with E-state index in [2.05, 4.69) is 241 Å². The molecular weight excluding hydrogens is 775 g/mol. The third-order valence-corrected chi connectivity index (χ3v) is 13.2. The zero-order valence-electron chi connectivity index (χ0n) is 34.9. The van der Waals surface area contributed by atoms with Crippen LogP contribution in [0, 0.1) is 0 Å². The van der Waals surface area contributed by atoms with Gasteiger partial charge in [0.25, 0.3) is 0 Å². The molecule has 0 fully saturated rings. The van der Waals surface area contributed by atoms with Gasteiger partial charge in [0.05, 0.1) is 5.69 Å². The average molecular weight is 814 g/mol. The standard InChI is InChI=1S/C62H39NO/c1-3-12-43-34-46(22-20-40(43)10-1)49-26-25-47-35-45(23-24-48(47)36-49)42-28-30-53(31-29-42)63(59-39-51-14-5-6-16-57(51)61-58-17-7-8-19-60(58)64-62(59)61)54-32-33-56-50(38-54)15-9-18-55(56)52-27-21-41-11-2-4-13-44(41)37-52/h1-39H. The van der Waals surface area contributed by atoms with Crippen LogP contribution in [0.15, 0.2) is 241 Å². The summed E-state index contributed by atoms with van der Waals surface area (Å²) in [5, 5.41) is 14.4. The molecule has 0 saturated carbocycles. The maximum atomic E-state index is 6.86. The molecule has 0 saturated heterocycles. The van der Waals surface area contributed by atoms with Crippen molar-refractivity contribution in [2.75, 3.05) is 4.90 Å². The highest BCUT2D eigenvalue weighted by Crippen LogP contribution is 2.47. The van der Waals surface area contributed by atoms with Gasteiger partial charge in [0, 0.05) is 22.1 Å². The van der Waals surface area contributed by atoms with Crippen LogP contribution in [0.3, 0.4) is 0 Å². The number of benzene rings is 12. The smallest absolute Gasteiger partial charge is 0.160 e. The maximum absolute atomic E-state index is 6.86. The summed E-state index contributed by atoms with van der Waals surface area (Å²) in [5.41, 5.74) is 12.1. The van der Waals surface area contributed by atoms with Gasteiger partial charge in [-0.1, -0.05) is 176 Å². The van der Waals surface area contributed by atoms with Crippen LogP contribution < -0.4 is 4.90 Å². The molecule has 1 heterocycles. The van der Waals surface area contributed by atoms with E-state index < -0.39 is 0 Å². The zero-order chi connectivity index (χ0) is 42.1. The number of para-hydroxylation sites is 1. The number of nitrogens with zero attached hydrogens (tertiary/aromatic N) is 1. The molecule has 0 aliphatic carbocycles. The van der Waals surface area contributed by atoms with Crippen molar-refractivity contribution in [2.45, 2.75) is 0 Å². The third-order valence-electron chi connectivity index (χ3n) is 13.2. The molecular formula is C62H39NO. The lowest BCUT2D eigenvalue weighted by molar-refractivity contribution is 0.669. The largest absolute Gasteiger partial charge is 0.454 e. The van der Waals surface area contributed by atoms with Crippen molar-refractivity contribution in [3.63, 3.8) is 0 Å². The summed E-state index contributed by atoms with van der Waals surface area (Å²) >= 11 is 0. The van der Waals surface area contributed by atoms with Gasteiger partial charge in [-0.2, -0.15) is 0 Å². The lowest BCUT2D eigenvalue weighted by atomic mass is 9.95. The van der Waals surface area contributed by atoms with Gasteiger partial charge in [-0.25, -0.2) is 0 Å². The molecule has 13 rings (SSSR count). The molecule has 0 aliphatic heterocycles. The van der Waals surface area contributed by atoms with Crippen LogP contribution in [-0.2, 0) is 0 Å². The quantitative estimate of drug-likeness (QED) is 0.166. The molecule has 0 spiro atoms. The van der Waals surface area contributed by atoms with Crippen molar-refractivity contribution in [3.05, 3.63) is 237 Å². The Labute approximate surface area is 370 Å². The van der Waals surface area contributed by atoms with E-state index in [0.717, 1.165) is 50.0 Å². The number of furan rings is 1. The monoisotopic (exact) mass is 813 g/mol. The summed E-state index contributed by atoms with van der Waals surface area (Å²) in [5.74, 6) is 0. The molecule has 0 amide bonds. The Hall–Kier alpha value is -8.46. The Morgan fingerprint density at radius 1 is 0.281 bits per heavy atom. The number of hydrogen-bond donors (Lipinski definition) is 0. The third kappa shape index (κ3) is 6.03. The minimum atomic E-state index is 0.867. The summed E-state index contributed by atoms with van der Waals surface area (Å²) in [4.78, 5) is 2.37. The molecule has 0 bridgehead atoms. The van der Waals surface area contributed by atoms with Crippen LogP contribution in [0.2, 0.25) is 0 Å². The van der Waals surface area contributed by atoms with Crippen molar-refractivity contribution >= 4 is 92.9 Å². The van der Waals surface area contributed by atoms with Crippen LogP contribution in [-0.4, -0.2) is 0 Å². The summed E-state index contributed by atoms with van der Waals surface area (Å²) in [6.45, 7) is 0. The Kier molecular flexibility index (Phi) is 8.25. The molecule has 0 atom stereocenters. The topological polar surface area (TPSA) is 16.4 Å². The summed E-state index contributed by atoms with van der Waals surface area (Å²) < 4.78 is 6.86. The van der Waals surface area contributed by atoms with E-state index in [-0.39, 0.29) is 0 Å². The van der Waals surface area contributed by atoms with Gasteiger partial charge < -0.3 is 9.32 Å². The van der Waals surface area contributed by atoms with Gasteiger partial charge in [-0.3, -0.25) is 0 Å². The summed E-state index contributed by atoms with van der Waals surface area (Å²) in [6, 6.07) is 86.1. The summed E-state index contributed by atoms with van der Waals surface area (Å²) in [6.07, 6.45) is 0. The molecule has 0 aliphatic rings. The molecule has 2 heteroatoms. The predicted octanol–water partition coefficient (Wildman–Crippen LogP) is 17.8. The average Bonchev–Trinajstić information content (AvgIpc) is 3.76. The fraction of sp³-hybridized carbons (Fsp3) is 0. The van der Waals surface area contributed by atoms with Gasteiger partial charge in [0.2, 0.25) is 0 Å². The highest BCUT2D eigenvalue weighted by atomic mass is 16.3. The molecule has 2 nitrogen and oxygen atoms in total. The van der Waals surface area contributed by atoms with Gasteiger partial charge in [-0.15, -0.1) is 0 Å². The lowest BCUT2D eigenvalue weighted by Crippen LogP contribution is -2.10. The van der Waals surface area contributed by atoms with Gasteiger partial charge in [-0.05, 0) is 148 Å². The zero-order valence-corrected chi connectivity index (χ0v) is 34.9. The molecule has 298 valence electrons. The molecule has 0 unspecified atom stereocenters. The number of rotatable bonds is 6. The second kappa shape index (κ2) is 14.6. The number of hydrogen-bond acceptors (Lipinski definition) is 2. The Bertz CT molecular complexity index is 3970. The van der Waals surface area contributed by atoms with E-state index in [1.807, 2.05) is 0 Å². The van der Waals surface area contributed by atoms with Crippen LogP contribution in [0.4, 0.5) is 17.1 Å². The van der Waals surface area contributed by atoms with Crippen molar-refractivity contribution in [1.82, 2.24) is 0 Å². The van der Waals surface area contributed by atoms with Crippen molar-refractivity contribution in [1.29, 1.82) is 0 Å². The van der Waals surface area contributed by atoms with E-state index in [4.69, 9.17) is 4.42 Å². The van der Waals surface area contributed by atoms with E-state index in [1.54, 1.807) is 0 Å². The molecule has 13 aromatic rings. The van der Waals surface area contributed by atoms with E-state index in [0.29, 0.717) is 0 Å². The highest BCUT2D eigenvalue weighted by molar-refractivity contribution is 6.23. The lowest BCUT2D eigenvalue weighted by Gasteiger charge is -2.27. The first-order valence-corrected chi connectivity index (χ1v) is 22.0. The predicted molar refractivity (Wildman–Crippen MR) is 272 cm³/mol. The van der Waals surface area contributed by atoms with Gasteiger partial charge in [0.1, 0.15) is 5.58 Å². The minimum Gasteiger partial charge on any atom is -0.454 e. The minimum absolute atomic E-state index is 0.867. The van der Waals surface area contributed by atoms with E-state index in [1.165, 1.54) is 76.3 Å². The second-order valence-electron chi connectivity index (χ2n) is 16.9. The molecule has 1 aromatic heterocycles. The van der Waals surface area contributed by atoms with Crippen molar-refractivity contribution in [2.24, 2.45) is 0 Å². The van der Waals surface area contributed by atoms with Crippen LogP contribution in [0.25, 0.3) is 109 Å². The van der Waals surface area contributed by atoms with E-state index >= 15 is 0 Å². The molecule has 12 aromatic carbocycles. The van der Waals surface area contributed by atoms with Crippen LogP contribution >= 0.6 is 0 Å². The molecule has 0 radical (unpaired) electrons. The molecule has 0 N–H and O–H groups in total. The van der Waals surface area contributed by atoms with Crippen LogP contribution in [0.1, 0.15) is 0 Å². The normalized spacial score (nSPS) is 11.8. The van der Waals surface area contributed by atoms with Crippen molar-refractivity contribution < 1.29 is 4.42 Å².